The standard InChI is InChI=1S/C15H22N6O3/c1-10-8-11(2)19(17-10)7-5-6-16-15(22)13(4)20-12(3)9-14(18-20)21(23)24/h8-9,13H,5-7H2,1-4H3,(H,16,22). The molecule has 2 rings (SSSR count). The number of nitro groups is 1. The monoisotopic (exact) mass is 334 g/mol. The van der Waals surface area contributed by atoms with Crippen LogP contribution in [0.5, 0.6) is 0 Å². The highest BCUT2D eigenvalue weighted by Crippen LogP contribution is 2.16. The fourth-order valence-electron chi connectivity index (χ4n) is 2.55. The van der Waals surface area contributed by atoms with Gasteiger partial charge in [-0.1, -0.05) is 0 Å². The smallest absolute Gasteiger partial charge is 0.358 e. The minimum absolute atomic E-state index is 0.218. The lowest BCUT2D eigenvalue weighted by Crippen LogP contribution is -2.33. The van der Waals surface area contributed by atoms with Crippen molar-refractivity contribution in [1.82, 2.24) is 24.9 Å². The van der Waals surface area contributed by atoms with E-state index in [1.54, 1.807) is 13.8 Å². The molecule has 0 aliphatic carbocycles. The number of aryl methyl sites for hydroxylation is 4. The molecule has 1 N–H and O–H groups in total. The second-order valence-corrected chi connectivity index (χ2v) is 5.82. The molecule has 1 atom stereocenters. The number of carbonyl (C=O) groups excluding carboxylic acids is 1. The average molecular weight is 334 g/mol. The molecule has 0 aromatic carbocycles. The van der Waals surface area contributed by atoms with Crippen LogP contribution in [0, 0.1) is 30.9 Å². The number of carbonyl (C=O) groups is 1. The van der Waals surface area contributed by atoms with Crippen molar-refractivity contribution in [2.75, 3.05) is 6.54 Å². The van der Waals surface area contributed by atoms with Gasteiger partial charge in [0.05, 0.1) is 22.6 Å². The summed E-state index contributed by atoms with van der Waals surface area (Å²) in [7, 11) is 0. The fraction of sp³-hybridized carbons (Fsp3) is 0.533. The molecule has 0 aliphatic rings. The van der Waals surface area contributed by atoms with Crippen LogP contribution in [-0.2, 0) is 11.3 Å². The van der Waals surface area contributed by atoms with Gasteiger partial charge < -0.3 is 15.4 Å². The summed E-state index contributed by atoms with van der Waals surface area (Å²) in [5, 5.41) is 21.8. The summed E-state index contributed by atoms with van der Waals surface area (Å²) in [6.07, 6.45) is 0.749. The van der Waals surface area contributed by atoms with Gasteiger partial charge in [0.25, 0.3) is 0 Å². The molecule has 0 spiro atoms. The number of nitrogens with zero attached hydrogens (tertiary/aromatic N) is 5. The van der Waals surface area contributed by atoms with E-state index < -0.39 is 11.0 Å². The Labute approximate surface area is 139 Å². The quantitative estimate of drug-likeness (QED) is 0.471. The van der Waals surface area contributed by atoms with Crippen LogP contribution in [0.1, 0.15) is 36.5 Å². The van der Waals surface area contributed by atoms with Crippen molar-refractivity contribution in [2.45, 2.75) is 46.7 Å². The Bertz CT molecular complexity index is 748. The van der Waals surface area contributed by atoms with Crippen LogP contribution in [0.25, 0.3) is 0 Å². The van der Waals surface area contributed by atoms with Crippen LogP contribution in [0.4, 0.5) is 5.82 Å². The van der Waals surface area contributed by atoms with Crippen LogP contribution >= 0.6 is 0 Å². The first-order chi connectivity index (χ1) is 11.3. The van der Waals surface area contributed by atoms with Gasteiger partial charge in [-0.2, -0.15) is 9.78 Å². The summed E-state index contributed by atoms with van der Waals surface area (Å²) in [5.74, 6) is -0.471. The van der Waals surface area contributed by atoms with Gasteiger partial charge in [-0.15, -0.1) is 0 Å². The Kier molecular flexibility index (Phi) is 5.32. The molecule has 2 aromatic rings. The molecule has 0 bridgehead atoms. The molecule has 1 amide bonds. The van der Waals surface area contributed by atoms with E-state index in [0.717, 1.165) is 24.4 Å². The first kappa shape index (κ1) is 17.6. The van der Waals surface area contributed by atoms with Gasteiger partial charge >= 0.3 is 5.82 Å². The van der Waals surface area contributed by atoms with E-state index in [2.05, 4.69) is 15.5 Å². The molecule has 2 heterocycles. The molecule has 9 heteroatoms. The van der Waals surface area contributed by atoms with E-state index in [1.807, 2.05) is 24.6 Å². The third-order valence-electron chi connectivity index (χ3n) is 3.79. The number of hydrogen-bond acceptors (Lipinski definition) is 5. The first-order valence-electron chi connectivity index (χ1n) is 7.79. The van der Waals surface area contributed by atoms with Crippen LogP contribution < -0.4 is 5.32 Å². The molecule has 130 valence electrons. The van der Waals surface area contributed by atoms with E-state index in [4.69, 9.17) is 0 Å². The Balaban J connectivity index is 1.86. The molecular formula is C15H22N6O3. The Morgan fingerprint density at radius 3 is 2.54 bits per heavy atom. The third kappa shape index (κ3) is 3.98. The highest BCUT2D eigenvalue weighted by molar-refractivity contribution is 5.79. The maximum Gasteiger partial charge on any atom is 0.390 e. The molecule has 1 unspecified atom stereocenters. The topological polar surface area (TPSA) is 108 Å². The van der Waals surface area contributed by atoms with E-state index in [1.165, 1.54) is 10.7 Å². The van der Waals surface area contributed by atoms with E-state index >= 15 is 0 Å². The molecule has 24 heavy (non-hydrogen) atoms. The number of hydrogen-bond donors (Lipinski definition) is 1. The highest BCUT2D eigenvalue weighted by Gasteiger charge is 2.24. The summed E-state index contributed by atoms with van der Waals surface area (Å²) in [6.45, 7) is 8.52. The first-order valence-corrected chi connectivity index (χ1v) is 7.79. The number of amides is 1. The zero-order valence-electron chi connectivity index (χ0n) is 14.3. The Hall–Kier alpha value is -2.71. The van der Waals surface area contributed by atoms with Crippen LogP contribution in [0.3, 0.4) is 0 Å². The van der Waals surface area contributed by atoms with Crippen LogP contribution in [-0.4, -0.2) is 36.9 Å². The molecule has 0 saturated heterocycles. The lowest BCUT2D eigenvalue weighted by Gasteiger charge is -2.11. The second kappa shape index (κ2) is 7.24. The molecule has 0 saturated carbocycles. The fourth-order valence-corrected chi connectivity index (χ4v) is 2.55. The predicted octanol–water partition coefficient (Wildman–Crippen LogP) is 1.68. The maximum absolute atomic E-state index is 12.2. The van der Waals surface area contributed by atoms with Crippen molar-refractivity contribution in [1.29, 1.82) is 0 Å². The molecule has 0 radical (unpaired) electrons. The average Bonchev–Trinajstić information content (AvgIpc) is 3.05. The second-order valence-electron chi connectivity index (χ2n) is 5.82. The zero-order valence-corrected chi connectivity index (χ0v) is 14.3. The van der Waals surface area contributed by atoms with Gasteiger partial charge in [-0.3, -0.25) is 9.48 Å². The van der Waals surface area contributed by atoms with Gasteiger partial charge in [0.1, 0.15) is 6.04 Å². The number of aromatic nitrogens is 4. The van der Waals surface area contributed by atoms with Crippen molar-refractivity contribution >= 4 is 11.7 Å². The minimum Gasteiger partial charge on any atom is -0.358 e. The van der Waals surface area contributed by atoms with Gasteiger partial charge in [-0.05, 0) is 45.1 Å². The van der Waals surface area contributed by atoms with Gasteiger partial charge in [0, 0.05) is 18.8 Å². The lowest BCUT2D eigenvalue weighted by molar-refractivity contribution is -0.389. The molecular weight excluding hydrogens is 312 g/mol. The molecule has 0 aliphatic heterocycles. The lowest BCUT2D eigenvalue weighted by atomic mass is 10.3. The van der Waals surface area contributed by atoms with Crippen molar-refractivity contribution in [3.8, 4) is 0 Å². The highest BCUT2D eigenvalue weighted by atomic mass is 16.6. The van der Waals surface area contributed by atoms with Crippen molar-refractivity contribution in [3.05, 3.63) is 39.3 Å². The largest absolute Gasteiger partial charge is 0.390 e. The Morgan fingerprint density at radius 2 is 2.00 bits per heavy atom. The van der Waals surface area contributed by atoms with Gasteiger partial charge in [0.15, 0.2) is 0 Å². The Morgan fingerprint density at radius 1 is 1.29 bits per heavy atom. The van der Waals surface area contributed by atoms with Crippen molar-refractivity contribution in [3.63, 3.8) is 0 Å². The summed E-state index contributed by atoms with van der Waals surface area (Å²) in [5.41, 5.74) is 2.64. The number of nitrogens with one attached hydrogen (secondary N) is 1. The maximum atomic E-state index is 12.2. The van der Waals surface area contributed by atoms with Crippen molar-refractivity contribution < 1.29 is 9.72 Å². The van der Waals surface area contributed by atoms with Crippen molar-refractivity contribution in [2.24, 2.45) is 0 Å². The van der Waals surface area contributed by atoms with Gasteiger partial charge in [0.2, 0.25) is 5.91 Å². The molecule has 2 aromatic heterocycles. The zero-order chi connectivity index (χ0) is 17.9. The summed E-state index contributed by atoms with van der Waals surface area (Å²) < 4.78 is 3.28. The predicted molar refractivity (Wildman–Crippen MR) is 87.7 cm³/mol. The molecule has 0 fully saturated rings. The molecule has 9 nitrogen and oxygen atoms in total. The van der Waals surface area contributed by atoms with E-state index in [0.29, 0.717) is 12.2 Å². The third-order valence-corrected chi connectivity index (χ3v) is 3.79. The normalized spacial score (nSPS) is 12.2. The summed E-state index contributed by atoms with van der Waals surface area (Å²) in [6, 6.07) is 2.76. The van der Waals surface area contributed by atoms with Gasteiger partial charge in [-0.25, -0.2) is 0 Å². The van der Waals surface area contributed by atoms with Crippen LogP contribution in [0.2, 0.25) is 0 Å². The van der Waals surface area contributed by atoms with Crippen LogP contribution in [0.15, 0.2) is 12.1 Å². The summed E-state index contributed by atoms with van der Waals surface area (Å²) in [4.78, 5) is 22.4. The SMILES string of the molecule is Cc1cc(C)n(CCCNC(=O)C(C)n2nc([N+](=O)[O-])cc2C)n1. The van der Waals surface area contributed by atoms with E-state index in [9.17, 15) is 14.9 Å². The summed E-state index contributed by atoms with van der Waals surface area (Å²) >= 11 is 0. The number of rotatable bonds is 7. The minimum atomic E-state index is -0.604. The van der Waals surface area contributed by atoms with E-state index in [-0.39, 0.29) is 11.7 Å².